The van der Waals surface area contributed by atoms with Crippen molar-refractivity contribution in [3.8, 4) is 44.9 Å². The predicted molar refractivity (Wildman–Crippen MR) is 189 cm³/mol. The van der Waals surface area contributed by atoms with Crippen LogP contribution in [0.2, 0.25) is 0 Å². The maximum absolute atomic E-state index is 12.8. The van der Waals surface area contributed by atoms with Crippen LogP contribution in [0.1, 0.15) is 25.0 Å². The summed E-state index contributed by atoms with van der Waals surface area (Å²) in [5.41, 5.74) is 18.0. The van der Waals surface area contributed by atoms with E-state index in [2.05, 4.69) is 10.2 Å². The van der Waals surface area contributed by atoms with Crippen LogP contribution in [0.4, 0.5) is 11.4 Å². The van der Waals surface area contributed by atoms with Crippen molar-refractivity contribution in [2.45, 2.75) is 36.5 Å². The first-order valence-corrected chi connectivity index (χ1v) is 18.2. The van der Waals surface area contributed by atoms with Crippen LogP contribution in [-0.2, 0) is 33.1 Å². The van der Waals surface area contributed by atoms with Gasteiger partial charge in [0, 0.05) is 21.9 Å². The van der Waals surface area contributed by atoms with E-state index < -0.39 is 52.9 Å². The van der Waals surface area contributed by atoms with Gasteiger partial charge in [0.25, 0.3) is 20.2 Å². The highest BCUT2D eigenvalue weighted by Gasteiger charge is 2.31. The zero-order chi connectivity index (χ0) is 36.1. The van der Waals surface area contributed by atoms with E-state index in [9.17, 15) is 36.2 Å². The van der Waals surface area contributed by atoms with Crippen LogP contribution in [0.5, 0.6) is 11.5 Å². The number of rotatable bonds is 9. The van der Waals surface area contributed by atoms with E-state index in [4.69, 9.17) is 11.1 Å². The van der Waals surface area contributed by atoms with Gasteiger partial charge in [-0.3, -0.25) is 9.11 Å². The van der Waals surface area contributed by atoms with Gasteiger partial charge in [0.2, 0.25) is 0 Å². The SMILES string of the molecule is CCc1cc(-c2ccc(-c3c(S(=O)(=O)O)c(N=N)c(O)c4ccccc34)c(CC)c2)ccc1-c1c(S(=O)(=O)O)c(N=N)c(O)c2ccccc12. The summed E-state index contributed by atoms with van der Waals surface area (Å²) in [7, 11) is -9.94. The second-order valence-electron chi connectivity index (χ2n) is 11.5. The molecule has 0 aliphatic rings. The summed E-state index contributed by atoms with van der Waals surface area (Å²) in [5.74, 6) is -1.09. The molecule has 6 aromatic rings. The zero-order valence-electron chi connectivity index (χ0n) is 26.6. The van der Waals surface area contributed by atoms with Gasteiger partial charge in [-0.15, -0.1) is 0 Å². The van der Waals surface area contributed by atoms with Gasteiger partial charge in [0.05, 0.1) is 0 Å². The van der Waals surface area contributed by atoms with Crippen LogP contribution < -0.4 is 0 Å². The number of hydrogen-bond donors (Lipinski definition) is 6. The lowest BCUT2D eigenvalue weighted by Gasteiger charge is -2.20. The highest BCUT2D eigenvalue weighted by Crippen LogP contribution is 2.50. The fourth-order valence-corrected chi connectivity index (χ4v) is 8.36. The van der Waals surface area contributed by atoms with Crippen LogP contribution in [0, 0.1) is 11.1 Å². The first kappa shape index (κ1) is 34.3. The molecule has 6 aromatic carbocycles. The summed E-state index contributed by atoms with van der Waals surface area (Å²) in [5, 5.41) is 29.4. The third-order valence-electron chi connectivity index (χ3n) is 8.82. The average molecular weight is 711 g/mol. The number of benzene rings is 6. The Morgan fingerprint density at radius 1 is 0.560 bits per heavy atom. The highest BCUT2D eigenvalue weighted by atomic mass is 32.2. The standard InChI is InChI=1S/C36H30N4O8S2/c1-3-19-17-21(13-15-23(19)29-25-9-5-7-11-27(25)33(41)31(39-37)35(29)49(43,44)45)22-14-16-24(20(4-2)18-22)30-26-10-6-8-12-28(26)34(42)32(40-38)36(30)50(46,47)48/h5-18,37-38,41-42H,3-4H2,1-2H3,(H,43,44,45)(H,46,47,48). The first-order chi connectivity index (χ1) is 23.8. The Hall–Kier alpha value is -5.54. The van der Waals surface area contributed by atoms with Crippen molar-refractivity contribution in [1.82, 2.24) is 0 Å². The smallest absolute Gasteiger partial charge is 0.297 e. The van der Waals surface area contributed by atoms with Crippen molar-refractivity contribution in [3.63, 3.8) is 0 Å². The number of aryl methyl sites for hydroxylation is 2. The Morgan fingerprint density at radius 2 is 0.900 bits per heavy atom. The van der Waals surface area contributed by atoms with E-state index in [1.165, 1.54) is 0 Å². The number of nitrogens with one attached hydrogen (secondary N) is 2. The minimum Gasteiger partial charge on any atom is -0.505 e. The lowest BCUT2D eigenvalue weighted by molar-refractivity contribution is 0.472. The second-order valence-corrected chi connectivity index (χ2v) is 14.2. The van der Waals surface area contributed by atoms with Crippen molar-refractivity contribution < 1.29 is 36.2 Å². The Bertz CT molecular complexity index is 2460. The van der Waals surface area contributed by atoms with Crippen LogP contribution in [-0.4, -0.2) is 36.2 Å². The number of hydrogen-bond acceptors (Lipinski definition) is 10. The van der Waals surface area contributed by atoms with Crippen LogP contribution in [0.15, 0.2) is 105 Å². The fraction of sp³-hybridized carbons (Fsp3) is 0.111. The molecule has 0 radical (unpaired) electrons. The van der Waals surface area contributed by atoms with E-state index >= 15 is 0 Å². The molecule has 254 valence electrons. The molecule has 0 saturated heterocycles. The molecule has 0 saturated carbocycles. The third-order valence-corrected chi connectivity index (χ3v) is 10.6. The summed E-state index contributed by atoms with van der Waals surface area (Å²) in [6.45, 7) is 3.74. The first-order valence-electron chi connectivity index (χ1n) is 15.3. The molecule has 0 aromatic heterocycles. The van der Waals surface area contributed by atoms with Gasteiger partial charge in [0.15, 0.2) is 11.5 Å². The predicted octanol–water partition coefficient (Wildman–Crippen LogP) is 9.35. The second kappa shape index (κ2) is 12.7. The molecule has 50 heavy (non-hydrogen) atoms. The van der Waals surface area contributed by atoms with Crippen molar-refractivity contribution in [2.24, 2.45) is 10.2 Å². The molecular formula is C36H30N4O8S2. The monoisotopic (exact) mass is 710 g/mol. The van der Waals surface area contributed by atoms with Gasteiger partial charge in [-0.05, 0) is 57.0 Å². The van der Waals surface area contributed by atoms with Crippen molar-refractivity contribution >= 4 is 53.2 Å². The number of phenols is 2. The Balaban J connectivity index is 1.60. The third kappa shape index (κ3) is 5.57. The lowest BCUT2D eigenvalue weighted by Crippen LogP contribution is -2.04. The Labute approximate surface area is 287 Å². The molecule has 0 aliphatic carbocycles. The van der Waals surface area contributed by atoms with Gasteiger partial charge in [-0.25, -0.2) is 11.1 Å². The van der Waals surface area contributed by atoms with Gasteiger partial charge < -0.3 is 10.2 Å². The summed E-state index contributed by atoms with van der Waals surface area (Å²) in [6, 6.07) is 23.6. The molecule has 0 aliphatic heterocycles. The average Bonchev–Trinajstić information content (AvgIpc) is 3.10. The normalized spacial score (nSPS) is 12.0. The van der Waals surface area contributed by atoms with E-state index in [0.29, 0.717) is 45.9 Å². The van der Waals surface area contributed by atoms with Gasteiger partial charge in [0.1, 0.15) is 21.2 Å². The summed E-state index contributed by atoms with van der Waals surface area (Å²) < 4.78 is 71.7. The minimum absolute atomic E-state index is 0.0902. The molecule has 0 amide bonds. The maximum Gasteiger partial charge on any atom is 0.297 e. The number of aromatic hydroxyl groups is 2. The number of nitrogens with zero attached hydrogens (tertiary/aromatic N) is 2. The minimum atomic E-state index is -4.97. The quantitative estimate of drug-likeness (QED) is 0.0625. The zero-order valence-corrected chi connectivity index (χ0v) is 28.3. The molecule has 12 nitrogen and oxygen atoms in total. The summed E-state index contributed by atoms with van der Waals surface area (Å²) >= 11 is 0. The van der Waals surface area contributed by atoms with Crippen molar-refractivity contribution in [1.29, 1.82) is 11.1 Å². The summed E-state index contributed by atoms with van der Waals surface area (Å²) in [6.07, 6.45) is 0.845. The van der Waals surface area contributed by atoms with Crippen molar-refractivity contribution in [2.75, 3.05) is 0 Å². The molecule has 6 N–H and O–H groups in total. The molecule has 0 heterocycles. The summed E-state index contributed by atoms with van der Waals surface area (Å²) in [4.78, 5) is -1.36. The van der Waals surface area contributed by atoms with Crippen LogP contribution >= 0.6 is 0 Å². The molecule has 14 heteroatoms. The van der Waals surface area contributed by atoms with Gasteiger partial charge >= 0.3 is 0 Å². The van der Waals surface area contributed by atoms with Gasteiger partial charge in [-0.1, -0.05) is 98.8 Å². The highest BCUT2D eigenvalue weighted by molar-refractivity contribution is 7.86. The molecule has 0 bridgehead atoms. The van der Waals surface area contributed by atoms with Crippen LogP contribution in [0.25, 0.3) is 54.9 Å². The molecular weight excluding hydrogens is 681 g/mol. The molecule has 0 atom stereocenters. The van der Waals surface area contributed by atoms with E-state index in [-0.39, 0.29) is 21.9 Å². The van der Waals surface area contributed by atoms with E-state index in [1.54, 1.807) is 72.8 Å². The largest absolute Gasteiger partial charge is 0.505 e. The lowest BCUT2D eigenvalue weighted by atomic mass is 9.88. The molecule has 6 rings (SSSR count). The van der Waals surface area contributed by atoms with Crippen LogP contribution in [0.3, 0.4) is 0 Å². The fourth-order valence-electron chi connectivity index (χ4n) is 6.63. The van der Waals surface area contributed by atoms with E-state index in [0.717, 1.165) is 11.1 Å². The molecule has 0 unspecified atom stereocenters. The van der Waals surface area contributed by atoms with Crippen molar-refractivity contribution in [3.05, 3.63) is 96.1 Å². The topological polar surface area (TPSA) is 222 Å². The van der Waals surface area contributed by atoms with E-state index in [1.807, 2.05) is 26.0 Å². The molecule has 0 fully saturated rings. The number of phenolic OH excluding ortho intramolecular Hbond substituents is 2. The Kier molecular flexibility index (Phi) is 8.74. The molecule has 0 spiro atoms. The Morgan fingerprint density at radius 3 is 1.20 bits per heavy atom. The number of fused-ring (bicyclic) bond motifs is 2. The van der Waals surface area contributed by atoms with Gasteiger partial charge in [-0.2, -0.15) is 27.1 Å². The maximum atomic E-state index is 12.8.